The molecule has 3 aromatic carbocycles. The van der Waals surface area contributed by atoms with Crippen molar-refractivity contribution in [2.45, 2.75) is 24.3 Å². The number of pyridine rings is 1. The number of anilines is 1. The molecule has 8 heteroatoms. The van der Waals surface area contributed by atoms with Gasteiger partial charge in [0.1, 0.15) is 16.7 Å². The van der Waals surface area contributed by atoms with Crippen LogP contribution in [0.15, 0.2) is 96.0 Å². The lowest BCUT2D eigenvalue weighted by molar-refractivity contribution is -0.117. The molecule has 174 valence electrons. The number of carbonyl (C=O) groups is 1. The normalized spacial score (nSPS) is 12.3. The summed E-state index contributed by atoms with van der Waals surface area (Å²) >= 11 is 0. The lowest BCUT2D eigenvalue weighted by Gasteiger charge is -2.19. The number of aromatic nitrogens is 1. The van der Waals surface area contributed by atoms with Crippen LogP contribution in [0.2, 0.25) is 0 Å². The van der Waals surface area contributed by atoms with E-state index in [4.69, 9.17) is 4.74 Å². The van der Waals surface area contributed by atoms with Crippen molar-refractivity contribution in [3.05, 3.63) is 96.7 Å². The number of fused-ring (bicyclic) bond motifs is 1. The third-order valence-electron chi connectivity index (χ3n) is 5.21. The molecule has 2 N–H and O–H groups in total. The van der Waals surface area contributed by atoms with Crippen LogP contribution in [0.3, 0.4) is 0 Å². The Hall–Kier alpha value is -3.75. The fourth-order valence-corrected chi connectivity index (χ4v) is 4.99. The molecule has 0 saturated carbocycles. The first-order chi connectivity index (χ1) is 16.5. The predicted molar refractivity (Wildman–Crippen MR) is 132 cm³/mol. The topological polar surface area (TPSA) is 97.4 Å². The van der Waals surface area contributed by atoms with Gasteiger partial charge in [-0.3, -0.25) is 9.78 Å². The van der Waals surface area contributed by atoms with Crippen molar-refractivity contribution in [3.63, 3.8) is 0 Å². The van der Waals surface area contributed by atoms with Gasteiger partial charge < -0.3 is 10.1 Å². The molecule has 0 spiro atoms. The van der Waals surface area contributed by atoms with Gasteiger partial charge in [-0.2, -0.15) is 4.72 Å². The van der Waals surface area contributed by atoms with E-state index in [2.05, 4.69) is 15.0 Å². The number of hydrogen-bond acceptors (Lipinski definition) is 5. The molecule has 1 heterocycles. The zero-order valence-corrected chi connectivity index (χ0v) is 19.5. The smallest absolute Gasteiger partial charge is 0.243 e. The van der Waals surface area contributed by atoms with Gasteiger partial charge in [0, 0.05) is 17.3 Å². The standard InChI is InChI=1S/C26H25N3O4S/c1-2-33-22-15-13-21(14-16-22)28-26(30)23(18-19-8-4-3-5-9-19)29-34(31,32)24-12-6-10-20-11-7-17-27-25(20)24/h3-17,23,29H,2,18H2,1H3,(H,28,30)/t23-/m1/s1. The first-order valence-electron chi connectivity index (χ1n) is 10.9. The maximum atomic E-state index is 13.4. The molecule has 0 aliphatic carbocycles. The Balaban J connectivity index is 1.62. The number of nitrogens with zero attached hydrogens (tertiary/aromatic N) is 1. The lowest BCUT2D eigenvalue weighted by Crippen LogP contribution is -2.45. The summed E-state index contributed by atoms with van der Waals surface area (Å²) in [4.78, 5) is 17.5. The van der Waals surface area contributed by atoms with Crippen molar-refractivity contribution in [1.82, 2.24) is 9.71 Å². The number of sulfonamides is 1. The molecular formula is C26H25N3O4S. The molecule has 1 amide bonds. The van der Waals surface area contributed by atoms with Gasteiger partial charge in [0.15, 0.2) is 0 Å². The molecule has 34 heavy (non-hydrogen) atoms. The van der Waals surface area contributed by atoms with Gasteiger partial charge in [0.2, 0.25) is 15.9 Å². The Morgan fingerprint density at radius 2 is 1.68 bits per heavy atom. The Bertz CT molecular complexity index is 1370. The number of rotatable bonds is 9. The van der Waals surface area contributed by atoms with E-state index in [1.165, 1.54) is 6.07 Å². The van der Waals surface area contributed by atoms with Crippen LogP contribution < -0.4 is 14.8 Å². The van der Waals surface area contributed by atoms with Gasteiger partial charge in [0.25, 0.3) is 0 Å². The second-order valence-corrected chi connectivity index (χ2v) is 9.32. The van der Waals surface area contributed by atoms with Crippen molar-refractivity contribution >= 4 is 32.5 Å². The molecule has 0 aliphatic rings. The van der Waals surface area contributed by atoms with Gasteiger partial charge in [-0.1, -0.05) is 48.5 Å². The van der Waals surface area contributed by atoms with E-state index >= 15 is 0 Å². The van der Waals surface area contributed by atoms with E-state index in [9.17, 15) is 13.2 Å². The van der Waals surface area contributed by atoms with Crippen LogP contribution in [0.1, 0.15) is 12.5 Å². The van der Waals surface area contributed by atoms with Crippen molar-refractivity contribution in [2.24, 2.45) is 0 Å². The van der Waals surface area contributed by atoms with Gasteiger partial charge in [0.05, 0.1) is 12.1 Å². The zero-order valence-electron chi connectivity index (χ0n) is 18.6. The van der Waals surface area contributed by atoms with Crippen molar-refractivity contribution < 1.29 is 17.9 Å². The van der Waals surface area contributed by atoms with Crippen molar-refractivity contribution in [2.75, 3.05) is 11.9 Å². The second kappa shape index (κ2) is 10.5. The summed E-state index contributed by atoms with van der Waals surface area (Å²) in [7, 11) is -4.05. The molecule has 4 rings (SSSR count). The zero-order chi connectivity index (χ0) is 24.0. The third-order valence-corrected chi connectivity index (χ3v) is 6.72. The van der Waals surface area contributed by atoms with Crippen LogP contribution in [-0.4, -0.2) is 32.0 Å². The summed E-state index contributed by atoms with van der Waals surface area (Å²) < 4.78 is 34.8. The van der Waals surface area contributed by atoms with Crippen molar-refractivity contribution in [1.29, 1.82) is 0 Å². The van der Waals surface area contributed by atoms with E-state index in [-0.39, 0.29) is 11.3 Å². The van der Waals surface area contributed by atoms with E-state index in [1.54, 1.807) is 54.7 Å². The Morgan fingerprint density at radius 1 is 0.941 bits per heavy atom. The quantitative estimate of drug-likeness (QED) is 0.379. The summed E-state index contributed by atoms with van der Waals surface area (Å²) in [5.41, 5.74) is 1.72. The monoisotopic (exact) mass is 475 g/mol. The molecule has 1 aromatic heterocycles. The molecule has 1 atom stereocenters. The lowest BCUT2D eigenvalue weighted by atomic mass is 10.1. The number of para-hydroxylation sites is 1. The molecular weight excluding hydrogens is 450 g/mol. The average molecular weight is 476 g/mol. The second-order valence-electron chi connectivity index (χ2n) is 7.64. The minimum Gasteiger partial charge on any atom is -0.494 e. The molecule has 0 saturated heterocycles. The third kappa shape index (κ3) is 5.59. The Kier molecular flexibility index (Phi) is 7.20. The summed E-state index contributed by atoms with van der Waals surface area (Å²) in [6.07, 6.45) is 1.72. The van der Waals surface area contributed by atoms with Gasteiger partial charge in [-0.25, -0.2) is 8.42 Å². The molecule has 4 aromatic rings. The van der Waals surface area contributed by atoms with Crippen LogP contribution in [0.4, 0.5) is 5.69 Å². The highest BCUT2D eigenvalue weighted by atomic mass is 32.2. The Labute approximate surface area is 198 Å². The molecule has 0 fully saturated rings. The molecule has 0 aliphatic heterocycles. The van der Waals surface area contributed by atoms with E-state index < -0.39 is 22.0 Å². The first kappa shape index (κ1) is 23.4. The minimum atomic E-state index is -4.05. The van der Waals surface area contributed by atoms with Crippen LogP contribution in [0.25, 0.3) is 10.9 Å². The van der Waals surface area contributed by atoms with Crippen LogP contribution in [-0.2, 0) is 21.2 Å². The molecule has 0 bridgehead atoms. The van der Waals surface area contributed by atoms with Crippen LogP contribution in [0, 0.1) is 0 Å². The van der Waals surface area contributed by atoms with Gasteiger partial charge in [-0.05, 0) is 55.3 Å². The number of hydrogen-bond donors (Lipinski definition) is 2. The molecule has 7 nitrogen and oxygen atoms in total. The largest absolute Gasteiger partial charge is 0.494 e. The maximum Gasteiger partial charge on any atom is 0.243 e. The number of amides is 1. The van der Waals surface area contributed by atoms with Crippen molar-refractivity contribution in [3.8, 4) is 5.75 Å². The fraction of sp³-hybridized carbons (Fsp3) is 0.154. The summed E-state index contributed by atoms with van der Waals surface area (Å²) in [6, 6.07) is 23.6. The van der Waals surface area contributed by atoms with E-state index in [1.807, 2.05) is 37.3 Å². The number of benzene rings is 3. The maximum absolute atomic E-state index is 13.4. The van der Waals surface area contributed by atoms with Gasteiger partial charge in [-0.15, -0.1) is 0 Å². The highest BCUT2D eigenvalue weighted by Crippen LogP contribution is 2.22. The number of carbonyl (C=O) groups excluding carboxylic acids is 1. The first-order valence-corrected chi connectivity index (χ1v) is 12.4. The minimum absolute atomic E-state index is 0.0255. The molecule has 0 radical (unpaired) electrons. The molecule has 0 unspecified atom stereocenters. The highest BCUT2D eigenvalue weighted by molar-refractivity contribution is 7.89. The predicted octanol–water partition coefficient (Wildman–Crippen LogP) is 4.16. The SMILES string of the molecule is CCOc1ccc(NC(=O)[C@@H](Cc2ccccc2)NS(=O)(=O)c2cccc3cccnc23)cc1. The average Bonchev–Trinajstić information content (AvgIpc) is 2.85. The summed E-state index contributed by atoms with van der Waals surface area (Å²) in [6.45, 7) is 2.43. The summed E-state index contributed by atoms with van der Waals surface area (Å²) in [5, 5.41) is 3.50. The fourth-order valence-electron chi connectivity index (χ4n) is 3.61. The number of ether oxygens (including phenoxy) is 1. The Morgan fingerprint density at radius 3 is 2.41 bits per heavy atom. The van der Waals surface area contributed by atoms with Crippen LogP contribution >= 0.6 is 0 Å². The van der Waals surface area contributed by atoms with E-state index in [0.29, 0.717) is 28.9 Å². The summed E-state index contributed by atoms with van der Waals surface area (Å²) in [5.74, 6) is 0.218. The van der Waals surface area contributed by atoms with Crippen LogP contribution in [0.5, 0.6) is 5.75 Å². The van der Waals surface area contributed by atoms with E-state index in [0.717, 1.165) is 5.56 Å². The number of nitrogens with one attached hydrogen (secondary N) is 2. The highest BCUT2D eigenvalue weighted by Gasteiger charge is 2.27. The van der Waals surface area contributed by atoms with Gasteiger partial charge >= 0.3 is 0 Å².